The number of carbonyl (C=O) groups is 3. The number of ether oxygens (including phenoxy) is 2. The molecule has 192 valence electrons. The average Bonchev–Trinajstić information content (AvgIpc) is 3.13. The van der Waals surface area contributed by atoms with Crippen molar-refractivity contribution in [2.24, 2.45) is 0 Å². The summed E-state index contributed by atoms with van der Waals surface area (Å²) < 4.78 is 38.0. The first-order valence-electron chi connectivity index (χ1n) is 11.2. The highest BCUT2D eigenvalue weighted by atomic mass is 19.3. The Kier molecular flexibility index (Phi) is 7.92. The number of alkyl halides is 2. The molecule has 0 aliphatic carbocycles. The van der Waals surface area contributed by atoms with Gasteiger partial charge in [0, 0.05) is 18.0 Å². The SMILES string of the molecule is CC(C)(C)OC(=O)NCCOc1ccc2nccc(C(=O)NCC(=O)N3CC(F)(F)C[C@H]3C#N)c2c1. The molecule has 10 nitrogen and oxygen atoms in total. The summed E-state index contributed by atoms with van der Waals surface area (Å²) in [6.07, 6.45) is 0.131. The van der Waals surface area contributed by atoms with Crippen LogP contribution in [0.1, 0.15) is 37.6 Å². The van der Waals surface area contributed by atoms with Crippen molar-refractivity contribution < 1.29 is 32.6 Å². The van der Waals surface area contributed by atoms with Crippen LogP contribution in [0.3, 0.4) is 0 Å². The molecule has 1 aromatic heterocycles. The third kappa shape index (κ3) is 7.00. The fourth-order valence-corrected chi connectivity index (χ4v) is 3.60. The van der Waals surface area contributed by atoms with E-state index < -0.39 is 55.0 Å². The van der Waals surface area contributed by atoms with Gasteiger partial charge in [-0.3, -0.25) is 14.6 Å². The number of nitrogens with one attached hydrogen (secondary N) is 2. The largest absolute Gasteiger partial charge is 0.492 e. The zero-order valence-electron chi connectivity index (χ0n) is 20.1. The van der Waals surface area contributed by atoms with E-state index in [-0.39, 0.29) is 18.7 Å². The monoisotopic (exact) mass is 503 g/mol. The number of likely N-dealkylation sites (tertiary alicyclic amines) is 1. The van der Waals surface area contributed by atoms with Gasteiger partial charge in [0.05, 0.1) is 36.8 Å². The molecule has 2 N–H and O–H groups in total. The number of hydrogen-bond acceptors (Lipinski definition) is 7. The summed E-state index contributed by atoms with van der Waals surface area (Å²) in [7, 11) is 0. The smallest absolute Gasteiger partial charge is 0.407 e. The Hall–Kier alpha value is -4.01. The third-order valence-corrected chi connectivity index (χ3v) is 5.14. The van der Waals surface area contributed by atoms with Crippen LogP contribution in [0.4, 0.5) is 13.6 Å². The van der Waals surface area contributed by atoms with Gasteiger partial charge < -0.3 is 25.0 Å². The Balaban J connectivity index is 1.61. The Morgan fingerprint density at radius 3 is 2.69 bits per heavy atom. The number of aromatic nitrogens is 1. The van der Waals surface area contributed by atoms with Crippen LogP contribution in [0.5, 0.6) is 5.75 Å². The number of pyridine rings is 1. The Morgan fingerprint density at radius 2 is 2.00 bits per heavy atom. The van der Waals surface area contributed by atoms with Crippen LogP contribution >= 0.6 is 0 Å². The quantitative estimate of drug-likeness (QED) is 0.555. The molecule has 3 amide bonds. The minimum atomic E-state index is -3.14. The van der Waals surface area contributed by atoms with Crippen molar-refractivity contribution in [2.75, 3.05) is 26.2 Å². The third-order valence-electron chi connectivity index (χ3n) is 5.14. The van der Waals surface area contributed by atoms with E-state index in [0.29, 0.717) is 16.7 Å². The van der Waals surface area contributed by atoms with Gasteiger partial charge in [0.2, 0.25) is 5.91 Å². The van der Waals surface area contributed by atoms with E-state index >= 15 is 0 Å². The van der Waals surface area contributed by atoms with Gasteiger partial charge in [0.15, 0.2) is 0 Å². The number of nitrogens with zero attached hydrogens (tertiary/aromatic N) is 3. The Labute approximate surface area is 206 Å². The molecule has 1 fully saturated rings. The highest BCUT2D eigenvalue weighted by Crippen LogP contribution is 2.31. The van der Waals surface area contributed by atoms with Crippen LogP contribution in [0.15, 0.2) is 30.5 Å². The van der Waals surface area contributed by atoms with Crippen molar-refractivity contribution in [1.82, 2.24) is 20.5 Å². The van der Waals surface area contributed by atoms with E-state index in [1.165, 1.54) is 12.3 Å². The van der Waals surface area contributed by atoms with Crippen molar-refractivity contribution in [3.8, 4) is 11.8 Å². The lowest BCUT2D eigenvalue weighted by atomic mass is 10.1. The fourth-order valence-electron chi connectivity index (χ4n) is 3.60. The van der Waals surface area contributed by atoms with Crippen LogP contribution in [0, 0.1) is 11.3 Å². The van der Waals surface area contributed by atoms with Crippen LogP contribution in [0.25, 0.3) is 10.9 Å². The average molecular weight is 504 g/mol. The molecule has 1 atom stereocenters. The minimum Gasteiger partial charge on any atom is -0.492 e. The van der Waals surface area contributed by atoms with Crippen molar-refractivity contribution in [3.05, 3.63) is 36.0 Å². The molecular formula is C24H27F2N5O5. The van der Waals surface area contributed by atoms with Gasteiger partial charge >= 0.3 is 6.09 Å². The van der Waals surface area contributed by atoms with E-state index in [2.05, 4.69) is 15.6 Å². The van der Waals surface area contributed by atoms with Crippen LogP contribution in [-0.4, -0.2) is 71.6 Å². The predicted octanol–water partition coefficient (Wildman–Crippen LogP) is 2.63. The van der Waals surface area contributed by atoms with Gasteiger partial charge in [-0.2, -0.15) is 5.26 Å². The van der Waals surface area contributed by atoms with Gasteiger partial charge in [-0.15, -0.1) is 0 Å². The summed E-state index contributed by atoms with van der Waals surface area (Å²) in [6, 6.07) is 6.82. The van der Waals surface area contributed by atoms with Gasteiger partial charge in [0.25, 0.3) is 11.8 Å². The molecule has 0 bridgehead atoms. The first kappa shape index (κ1) is 26.6. The number of alkyl carbamates (subject to hydrolysis) is 1. The number of fused-ring (bicyclic) bond motifs is 1. The number of hydrogen-bond donors (Lipinski definition) is 2. The molecule has 36 heavy (non-hydrogen) atoms. The second-order valence-corrected chi connectivity index (χ2v) is 9.22. The molecule has 2 heterocycles. The molecule has 2 aromatic rings. The number of halogens is 2. The fraction of sp³-hybridized carbons (Fsp3) is 0.458. The first-order valence-corrected chi connectivity index (χ1v) is 11.2. The molecule has 0 spiro atoms. The molecule has 3 rings (SSSR count). The lowest BCUT2D eigenvalue weighted by Crippen LogP contribution is -2.43. The van der Waals surface area contributed by atoms with Crippen LogP contribution < -0.4 is 15.4 Å². The van der Waals surface area contributed by atoms with Crippen molar-refractivity contribution in [3.63, 3.8) is 0 Å². The number of rotatable bonds is 7. The molecule has 12 heteroatoms. The molecule has 1 aliphatic rings. The second-order valence-electron chi connectivity index (χ2n) is 9.22. The standard InChI is InChI=1S/C24H27F2N5O5/c1-23(2,3)36-22(34)29-8-9-35-16-4-5-19-18(10-16)17(6-7-28-19)21(33)30-13-20(32)31-14-24(25,26)11-15(31)12-27/h4-7,10,15H,8-9,11,13-14H2,1-3H3,(H,29,34)(H,30,33)/t15-/m0/s1. The van der Waals surface area contributed by atoms with Gasteiger partial charge in [-0.1, -0.05) is 0 Å². The molecular weight excluding hydrogens is 476 g/mol. The highest BCUT2D eigenvalue weighted by molar-refractivity contribution is 6.07. The lowest BCUT2D eigenvalue weighted by molar-refractivity contribution is -0.131. The maximum atomic E-state index is 13.6. The highest BCUT2D eigenvalue weighted by Gasteiger charge is 2.47. The molecule has 1 saturated heterocycles. The zero-order valence-corrected chi connectivity index (χ0v) is 20.1. The number of carbonyl (C=O) groups excluding carboxylic acids is 3. The topological polar surface area (TPSA) is 134 Å². The van der Waals surface area contributed by atoms with E-state index in [1.807, 2.05) is 0 Å². The van der Waals surface area contributed by atoms with E-state index in [1.54, 1.807) is 45.0 Å². The molecule has 1 aromatic carbocycles. The van der Waals surface area contributed by atoms with E-state index in [0.717, 1.165) is 4.90 Å². The summed E-state index contributed by atoms with van der Waals surface area (Å²) in [5.74, 6) is -4.10. The Bertz CT molecular complexity index is 1190. The van der Waals surface area contributed by atoms with E-state index in [9.17, 15) is 23.2 Å². The molecule has 0 saturated carbocycles. The Morgan fingerprint density at radius 1 is 1.25 bits per heavy atom. The van der Waals surface area contributed by atoms with Gasteiger partial charge in [0.1, 0.15) is 24.0 Å². The summed E-state index contributed by atoms with van der Waals surface area (Å²) in [5.41, 5.74) is 0.0835. The van der Waals surface area contributed by atoms with Crippen molar-refractivity contribution in [2.45, 2.75) is 44.8 Å². The van der Waals surface area contributed by atoms with Crippen molar-refractivity contribution in [1.29, 1.82) is 5.26 Å². The molecule has 0 radical (unpaired) electrons. The number of nitriles is 1. The normalized spacial score (nSPS) is 16.8. The second kappa shape index (κ2) is 10.7. The zero-order chi connectivity index (χ0) is 26.5. The molecule has 1 aliphatic heterocycles. The van der Waals surface area contributed by atoms with Gasteiger partial charge in [-0.25, -0.2) is 13.6 Å². The van der Waals surface area contributed by atoms with E-state index in [4.69, 9.17) is 14.7 Å². The molecule has 0 unspecified atom stereocenters. The first-order chi connectivity index (χ1) is 16.9. The lowest BCUT2D eigenvalue weighted by Gasteiger charge is -2.19. The van der Waals surface area contributed by atoms with Gasteiger partial charge in [-0.05, 0) is 45.0 Å². The van der Waals surface area contributed by atoms with Crippen LogP contribution in [-0.2, 0) is 9.53 Å². The maximum Gasteiger partial charge on any atom is 0.407 e. The number of amides is 3. The summed E-state index contributed by atoms with van der Waals surface area (Å²) >= 11 is 0. The minimum absolute atomic E-state index is 0.140. The summed E-state index contributed by atoms with van der Waals surface area (Å²) in [4.78, 5) is 41.9. The predicted molar refractivity (Wildman–Crippen MR) is 124 cm³/mol. The summed E-state index contributed by atoms with van der Waals surface area (Å²) in [5, 5.41) is 14.5. The summed E-state index contributed by atoms with van der Waals surface area (Å²) in [6.45, 7) is 4.19. The van der Waals surface area contributed by atoms with Crippen LogP contribution in [0.2, 0.25) is 0 Å². The van der Waals surface area contributed by atoms with Crippen molar-refractivity contribution >= 4 is 28.8 Å². The maximum absolute atomic E-state index is 13.6. The number of benzene rings is 1.